The summed E-state index contributed by atoms with van der Waals surface area (Å²) in [5.41, 5.74) is 2.43. The minimum Gasteiger partial charge on any atom is -0.481 e. The molecule has 0 aromatic heterocycles. The van der Waals surface area contributed by atoms with Crippen molar-refractivity contribution in [3.8, 4) is 0 Å². The lowest BCUT2D eigenvalue weighted by Crippen LogP contribution is -2.47. The number of aliphatic carboxylic acids is 1. The molecule has 0 saturated carbocycles. The highest BCUT2D eigenvalue weighted by molar-refractivity contribution is 5.82. The van der Waals surface area contributed by atoms with Crippen LogP contribution in [0.4, 0.5) is 0 Å². The average molecular weight is 262 g/mol. The van der Waals surface area contributed by atoms with E-state index in [9.17, 15) is 9.59 Å². The molecule has 1 aromatic rings. The van der Waals surface area contributed by atoms with Gasteiger partial charge in [-0.2, -0.15) is 0 Å². The first-order valence-electron chi connectivity index (χ1n) is 6.46. The van der Waals surface area contributed by atoms with Gasteiger partial charge in [0.1, 0.15) is 0 Å². The van der Waals surface area contributed by atoms with Crippen LogP contribution in [0, 0.1) is 0 Å². The van der Waals surface area contributed by atoms with E-state index in [0.29, 0.717) is 25.9 Å². The number of hydrogen-bond donors (Lipinski definition) is 3. The SMILES string of the molecule is O=C(O)CCCNC(=O)C1Cc2ccccc2CN1. The van der Waals surface area contributed by atoms with Gasteiger partial charge in [0.15, 0.2) is 0 Å². The molecule has 102 valence electrons. The average Bonchev–Trinajstić information content (AvgIpc) is 2.42. The van der Waals surface area contributed by atoms with E-state index < -0.39 is 5.97 Å². The van der Waals surface area contributed by atoms with Crippen molar-refractivity contribution in [1.82, 2.24) is 10.6 Å². The van der Waals surface area contributed by atoms with Gasteiger partial charge in [-0.05, 0) is 24.0 Å². The highest BCUT2D eigenvalue weighted by Gasteiger charge is 2.23. The molecule has 2 rings (SSSR count). The van der Waals surface area contributed by atoms with E-state index in [0.717, 1.165) is 0 Å². The van der Waals surface area contributed by atoms with Crippen molar-refractivity contribution < 1.29 is 14.7 Å². The number of nitrogens with one attached hydrogen (secondary N) is 2. The first kappa shape index (κ1) is 13.5. The number of amides is 1. The lowest BCUT2D eigenvalue weighted by molar-refractivity contribution is -0.137. The van der Waals surface area contributed by atoms with E-state index in [-0.39, 0.29) is 18.4 Å². The van der Waals surface area contributed by atoms with E-state index in [1.165, 1.54) is 11.1 Å². The van der Waals surface area contributed by atoms with Gasteiger partial charge in [0.2, 0.25) is 5.91 Å². The smallest absolute Gasteiger partial charge is 0.303 e. The molecule has 0 saturated heterocycles. The third-order valence-electron chi connectivity index (χ3n) is 3.26. The summed E-state index contributed by atoms with van der Waals surface area (Å²) in [6.45, 7) is 1.11. The lowest BCUT2D eigenvalue weighted by Gasteiger charge is -2.25. The van der Waals surface area contributed by atoms with Crippen molar-refractivity contribution in [3.05, 3.63) is 35.4 Å². The molecule has 0 spiro atoms. The molecular formula is C14H18N2O3. The van der Waals surface area contributed by atoms with Crippen LogP contribution < -0.4 is 10.6 Å². The zero-order chi connectivity index (χ0) is 13.7. The molecule has 1 heterocycles. The van der Waals surface area contributed by atoms with Gasteiger partial charge in [0.25, 0.3) is 0 Å². The summed E-state index contributed by atoms with van der Waals surface area (Å²) in [4.78, 5) is 22.3. The topological polar surface area (TPSA) is 78.4 Å². The van der Waals surface area contributed by atoms with Gasteiger partial charge in [0.05, 0.1) is 6.04 Å². The number of fused-ring (bicyclic) bond motifs is 1. The van der Waals surface area contributed by atoms with Crippen LogP contribution in [0.25, 0.3) is 0 Å². The third kappa shape index (κ3) is 3.79. The van der Waals surface area contributed by atoms with Crippen molar-refractivity contribution in [2.45, 2.75) is 31.8 Å². The molecule has 5 nitrogen and oxygen atoms in total. The summed E-state index contributed by atoms with van der Waals surface area (Å²) < 4.78 is 0. The molecule has 1 aromatic carbocycles. The first-order valence-corrected chi connectivity index (χ1v) is 6.46. The summed E-state index contributed by atoms with van der Waals surface area (Å²) in [6, 6.07) is 7.85. The molecule has 1 aliphatic heterocycles. The number of hydrogen-bond acceptors (Lipinski definition) is 3. The maximum atomic E-state index is 11.9. The zero-order valence-electron chi connectivity index (χ0n) is 10.7. The van der Waals surface area contributed by atoms with E-state index in [1.54, 1.807) is 0 Å². The van der Waals surface area contributed by atoms with Crippen LogP contribution in [0.1, 0.15) is 24.0 Å². The van der Waals surface area contributed by atoms with E-state index >= 15 is 0 Å². The van der Waals surface area contributed by atoms with Crippen LogP contribution in [0.15, 0.2) is 24.3 Å². The highest BCUT2D eigenvalue weighted by Crippen LogP contribution is 2.16. The number of benzene rings is 1. The van der Waals surface area contributed by atoms with E-state index in [1.807, 2.05) is 18.2 Å². The summed E-state index contributed by atoms with van der Waals surface area (Å²) in [5, 5.41) is 14.5. The Morgan fingerprint density at radius 2 is 2.05 bits per heavy atom. The molecule has 0 fully saturated rings. The van der Waals surface area contributed by atoms with Gasteiger partial charge >= 0.3 is 5.97 Å². The van der Waals surface area contributed by atoms with Crippen molar-refractivity contribution in [1.29, 1.82) is 0 Å². The molecule has 5 heteroatoms. The van der Waals surface area contributed by atoms with Gasteiger partial charge in [-0.25, -0.2) is 0 Å². The van der Waals surface area contributed by atoms with Gasteiger partial charge in [0, 0.05) is 19.5 Å². The Labute approximate surface area is 112 Å². The van der Waals surface area contributed by atoms with Crippen LogP contribution in [0.3, 0.4) is 0 Å². The Balaban J connectivity index is 1.80. The van der Waals surface area contributed by atoms with Gasteiger partial charge in [-0.3, -0.25) is 9.59 Å². The Hall–Kier alpha value is -1.88. The molecule has 1 atom stereocenters. The van der Waals surface area contributed by atoms with Crippen LogP contribution in [0.2, 0.25) is 0 Å². The fraction of sp³-hybridized carbons (Fsp3) is 0.429. The second-order valence-electron chi connectivity index (χ2n) is 4.69. The molecule has 1 amide bonds. The molecule has 0 radical (unpaired) electrons. The second-order valence-corrected chi connectivity index (χ2v) is 4.69. The molecule has 19 heavy (non-hydrogen) atoms. The Morgan fingerprint density at radius 1 is 1.32 bits per heavy atom. The standard InChI is InChI=1S/C14H18N2O3/c17-13(18)6-3-7-15-14(19)12-8-10-4-1-2-5-11(10)9-16-12/h1-2,4-5,12,16H,3,6-9H2,(H,15,19)(H,17,18). The summed E-state index contributed by atoms with van der Waals surface area (Å²) >= 11 is 0. The molecule has 1 aliphatic rings. The Kier molecular flexibility index (Phi) is 4.52. The zero-order valence-corrected chi connectivity index (χ0v) is 10.7. The molecule has 0 bridgehead atoms. The minimum atomic E-state index is -0.834. The fourth-order valence-electron chi connectivity index (χ4n) is 2.21. The minimum absolute atomic E-state index is 0.0557. The summed E-state index contributed by atoms with van der Waals surface area (Å²) in [7, 11) is 0. The van der Waals surface area contributed by atoms with Crippen molar-refractivity contribution in [3.63, 3.8) is 0 Å². The summed E-state index contributed by atoms with van der Waals surface area (Å²) in [6.07, 6.45) is 1.23. The lowest BCUT2D eigenvalue weighted by atomic mass is 9.95. The van der Waals surface area contributed by atoms with Crippen molar-refractivity contribution >= 4 is 11.9 Å². The monoisotopic (exact) mass is 262 g/mol. The Morgan fingerprint density at radius 3 is 2.79 bits per heavy atom. The molecule has 0 aliphatic carbocycles. The Bertz CT molecular complexity index is 474. The maximum Gasteiger partial charge on any atom is 0.303 e. The maximum absolute atomic E-state index is 11.9. The summed E-state index contributed by atoms with van der Waals surface area (Å²) in [5.74, 6) is -0.890. The van der Waals surface area contributed by atoms with Crippen molar-refractivity contribution in [2.75, 3.05) is 6.54 Å². The number of carbonyl (C=O) groups excluding carboxylic acids is 1. The number of rotatable bonds is 5. The number of carboxylic acids is 1. The molecule has 1 unspecified atom stereocenters. The second kappa shape index (κ2) is 6.33. The highest BCUT2D eigenvalue weighted by atomic mass is 16.4. The van der Waals surface area contributed by atoms with Crippen LogP contribution >= 0.6 is 0 Å². The van der Waals surface area contributed by atoms with Crippen molar-refractivity contribution in [2.24, 2.45) is 0 Å². The van der Waals surface area contributed by atoms with E-state index in [4.69, 9.17) is 5.11 Å². The predicted octanol–water partition coefficient (Wildman–Crippen LogP) is 0.682. The predicted molar refractivity (Wildman–Crippen MR) is 70.7 cm³/mol. The van der Waals surface area contributed by atoms with E-state index in [2.05, 4.69) is 16.7 Å². The van der Waals surface area contributed by atoms with Crippen LogP contribution in [-0.2, 0) is 22.6 Å². The van der Waals surface area contributed by atoms with Gasteiger partial charge < -0.3 is 15.7 Å². The first-order chi connectivity index (χ1) is 9.16. The fourth-order valence-corrected chi connectivity index (χ4v) is 2.21. The largest absolute Gasteiger partial charge is 0.481 e. The molecule has 3 N–H and O–H groups in total. The number of carboxylic acid groups (broad SMARTS) is 1. The van der Waals surface area contributed by atoms with Gasteiger partial charge in [-0.1, -0.05) is 24.3 Å². The molecular weight excluding hydrogens is 244 g/mol. The quantitative estimate of drug-likeness (QED) is 0.682. The third-order valence-corrected chi connectivity index (χ3v) is 3.26. The normalized spacial score (nSPS) is 17.6. The van der Waals surface area contributed by atoms with Crippen LogP contribution in [0.5, 0.6) is 0 Å². The van der Waals surface area contributed by atoms with Crippen LogP contribution in [-0.4, -0.2) is 29.6 Å². The number of carbonyl (C=O) groups is 2. The van der Waals surface area contributed by atoms with Gasteiger partial charge in [-0.15, -0.1) is 0 Å².